The average molecular weight is 628 g/mol. The minimum Gasteiger partial charge on any atom is -0.456 e. The van der Waals surface area contributed by atoms with Crippen LogP contribution < -0.4 is 9.47 Å². The average Bonchev–Trinajstić information content (AvgIpc) is 3.43. The Bertz CT molecular complexity index is 1750. The second-order valence-electron chi connectivity index (χ2n) is 9.71. The van der Waals surface area contributed by atoms with Gasteiger partial charge in [0.1, 0.15) is 34.1 Å². The number of carbonyl (C=O) groups excluding carboxylic acids is 4. The molecule has 0 saturated carbocycles. The maximum absolute atomic E-state index is 14.6. The number of esters is 4. The first-order chi connectivity index (χ1) is 21.2. The zero-order valence-corrected chi connectivity index (χ0v) is 22.1. The van der Waals surface area contributed by atoms with E-state index in [2.05, 4.69) is 9.47 Å². The Balaban J connectivity index is 1.36. The van der Waals surface area contributed by atoms with Gasteiger partial charge in [0.2, 0.25) is 5.41 Å². The largest absolute Gasteiger partial charge is 0.456 e. The smallest absolute Gasteiger partial charge is 0.411 e. The van der Waals surface area contributed by atoms with Gasteiger partial charge in [-0.2, -0.15) is 26.3 Å². The third-order valence-corrected chi connectivity index (χ3v) is 7.15. The summed E-state index contributed by atoms with van der Waals surface area (Å²) in [6.07, 6.45) is -11.8. The van der Waals surface area contributed by atoms with E-state index >= 15 is 0 Å². The molecule has 0 fully saturated rings. The van der Waals surface area contributed by atoms with Crippen LogP contribution in [-0.2, 0) is 14.9 Å². The summed E-state index contributed by atoms with van der Waals surface area (Å²) in [5, 5.41) is 0. The van der Waals surface area contributed by atoms with Gasteiger partial charge >= 0.3 is 36.2 Å². The summed E-state index contributed by atoms with van der Waals surface area (Å²) < 4.78 is 108. The van der Waals surface area contributed by atoms with Crippen LogP contribution in [0.1, 0.15) is 52.6 Å². The Morgan fingerprint density at radius 1 is 0.467 bits per heavy atom. The van der Waals surface area contributed by atoms with Crippen LogP contribution in [0.25, 0.3) is 0 Å². The Labute approximate surface area is 247 Å². The van der Waals surface area contributed by atoms with E-state index in [0.717, 1.165) is 24.3 Å². The third-order valence-electron chi connectivity index (χ3n) is 7.15. The molecule has 0 saturated heterocycles. The molecule has 8 nitrogen and oxygen atoms in total. The maximum atomic E-state index is 14.6. The number of carbonyl (C=O) groups is 4. The Hall–Kier alpha value is -5.66. The molecule has 2 heterocycles. The van der Waals surface area contributed by atoms with E-state index in [-0.39, 0.29) is 45.3 Å². The molecule has 0 radical (unpaired) electrons. The zero-order chi connectivity index (χ0) is 32.3. The number of halogens is 6. The summed E-state index contributed by atoms with van der Waals surface area (Å²) in [6.45, 7) is 0. The molecule has 2 aliphatic rings. The number of benzene rings is 4. The zero-order valence-electron chi connectivity index (χ0n) is 22.1. The molecule has 0 N–H and O–H groups in total. The quantitative estimate of drug-likeness (QED) is 0.124. The summed E-state index contributed by atoms with van der Waals surface area (Å²) >= 11 is 0. The number of hydrogen-bond acceptors (Lipinski definition) is 8. The third kappa shape index (κ3) is 4.65. The predicted octanol–water partition coefficient (Wildman–Crippen LogP) is 7.30. The van der Waals surface area contributed by atoms with Gasteiger partial charge < -0.3 is 18.9 Å². The van der Waals surface area contributed by atoms with Crippen LogP contribution in [0.15, 0.2) is 84.9 Å². The highest BCUT2D eigenvalue weighted by atomic mass is 19.4. The molecule has 4 aromatic carbocycles. The summed E-state index contributed by atoms with van der Waals surface area (Å²) in [4.78, 5) is 47.7. The maximum Gasteiger partial charge on any atom is 0.411 e. The fourth-order valence-corrected chi connectivity index (χ4v) is 5.16. The molecule has 0 spiro atoms. The molecule has 6 rings (SSSR count). The fourth-order valence-electron chi connectivity index (χ4n) is 5.16. The van der Waals surface area contributed by atoms with Crippen molar-refractivity contribution in [3.05, 3.63) is 118 Å². The van der Waals surface area contributed by atoms with Crippen molar-refractivity contribution in [3.63, 3.8) is 0 Å². The van der Waals surface area contributed by atoms with Crippen molar-refractivity contribution in [2.75, 3.05) is 0 Å². The summed E-state index contributed by atoms with van der Waals surface area (Å²) in [5.41, 5.74) is -7.60. The SMILES string of the molecule is O=C1OC(=O)c2c(Oc3ccc(C(c4ccc(Oc5cccc6c5C(=O)OC6=O)cc4)(C(F)(F)F)C(F)(F)F)cc3)cccc21. The molecule has 14 heteroatoms. The van der Waals surface area contributed by atoms with E-state index in [1.54, 1.807) is 0 Å². The van der Waals surface area contributed by atoms with E-state index in [0.29, 0.717) is 24.3 Å². The molecule has 228 valence electrons. The second kappa shape index (κ2) is 10.2. The number of alkyl halides is 6. The van der Waals surface area contributed by atoms with Crippen molar-refractivity contribution < 1.29 is 64.5 Å². The number of rotatable bonds is 6. The lowest BCUT2D eigenvalue weighted by Gasteiger charge is -2.38. The van der Waals surface area contributed by atoms with E-state index in [1.165, 1.54) is 36.4 Å². The molecule has 0 atom stereocenters. The monoisotopic (exact) mass is 628 g/mol. The molecular formula is C31H14F6O8. The van der Waals surface area contributed by atoms with Gasteiger partial charge in [-0.1, -0.05) is 36.4 Å². The highest BCUT2D eigenvalue weighted by Crippen LogP contribution is 2.56. The van der Waals surface area contributed by atoms with Gasteiger partial charge in [0, 0.05) is 0 Å². The highest BCUT2D eigenvalue weighted by Gasteiger charge is 2.72. The number of cyclic esters (lactones) is 4. The summed E-state index contributed by atoms with van der Waals surface area (Å²) in [5.74, 6) is -4.74. The summed E-state index contributed by atoms with van der Waals surface area (Å²) in [7, 11) is 0. The Morgan fingerprint density at radius 3 is 1.16 bits per heavy atom. The second-order valence-corrected chi connectivity index (χ2v) is 9.71. The minimum atomic E-state index is -5.90. The van der Waals surface area contributed by atoms with Crippen molar-refractivity contribution in [2.24, 2.45) is 0 Å². The molecule has 0 aromatic heterocycles. The number of fused-ring (bicyclic) bond motifs is 2. The van der Waals surface area contributed by atoms with Crippen molar-refractivity contribution in [3.8, 4) is 23.0 Å². The first-order valence-electron chi connectivity index (χ1n) is 12.7. The molecule has 0 unspecified atom stereocenters. The molecule has 4 aromatic rings. The van der Waals surface area contributed by atoms with Crippen LogP contribution in [0.2, 0.25) is 0 Å². The van der Waals surface area contributed by atoms with E-state index in [1.807, 2.05) is 0 Å². The molecule has 0 bridgehead atoms. The highest BCUT2D eigenvalue weighted by molar-refractivity contribution is 6.16. The van der Waals surface area contributed by atoms with Gasteiger partial charge in [-0.25, -0.2) is 19.2 Å². The summed E-state index contributed by atoms with van der Waals surface area (Å²) in [6, 6.07) is 13.6. The Morgan fingerprint density at radius 2 is 0.822 bits per heavy atom. The topological polar surface area (TPSA) is 105 Å². The molecular weight excluding hydrogens is 614 g/mol. The first kappa shape index (κ1) is 29.4. The predicted molar refractivity (Wildman–Crippen MR) is 138 cm³/mol. The van der Waals surface area contributed by atoms with Crippen LogP contribution in [0.5, 0.6) is 23.0 Å². The molecule has 0 amide bonds. The van der Waals surface area contributed by atoms with E-state index in [4.69, 9.17) is 9.47 Å². The van der Waals surface area contributed by atoms with Crippen molar-refractivity contribution in [1.29, 1.82) is 0 Å². The number of hydrogen-bond donors (Lipinski definition) is 0. The van der Waals surface area contributed by atoms with E-state index < -0.39 is 52.8 Å². The van der Waals surface area contributed by atoms with Crippen LogP contribution in [0, 0.1) is 0 Å². The van der Waals surface area contributed by atoms with Gasteiger partial charge in [-0.15, -0.1) is 0 Å². The fraction of sp³-hybridized carbons (Fsp3) is 0.0968. The molecule has 45 heavy (non-hydrogen) atoms. The van der Waals surface area contributed by atoms with Crippen molar-refractivity contribution >= 4 is 23.9 Å². The van der Waals surface area contributed by atoms with Gasteiger partial charge in [-0.05, 0) is 59.7 Å². The van der Waals surface area contributed by atoms with Crippen LogP contribution >= 0.6 is 0 Å². The lowest BCUT2D eigenvalue weighted by molar-refractivity contribution is -0.288. The van der Waals surface area contributed by atoms with Gasteiger partial charge in [0.15, 0.2) is 0 Å². The lowest BCUT2D eigenvalue weighted by Crippen LogP contribution is -2.54. The molecule has 2 aliphatic heterocycles. The van der Waals surface area contributed by atoms with Gasteiger partial charge in [0.05, 0.1) is 11.1 Å². The van der Waals surface area contributed by atoms with Crippen molar-refractivity contribution in [2.45, 2.75) is 17.8 Å². The standard InChI is InChI=1S/C31H14F6O8/c32-30(33,34)29(31(35,36)37,15-7-11-17(12-8-15)42-21-5-1-3-19-23(21)27(40)44-25(19)38)16-9-13-18(14-10-16)43-22-6-2-4-20-24(22)28(41)45-26(20)39/h1-14H. The van der Waals surface area contributed by atoms with Crippen LogP contribution in [-0.4, -0.2) is 36.2 Å². The lowest BCUT2D eigenvalue weighted by atomic mass is 9.73. The van der Waals surface area contributed by atoms with Gasteiger partial charge in [0.25, 0.3) is 0 Å². The Kier molecular flexibility index (Phi) is 6.68. The minimum absolute atomic E-state index is 0.111. The van der Waals surface area contributed by atoms with Gasteiger partial charge in [-0.3, -0.25) is 0 Å². The normalized spacial score (nSPS) is 14.5. The van der Waals surface area contributed by atoms with E-state index in [9.17, 15) is 45.5 Å². The van der Waals surface area contributed by atoms with Crippen LogP contribution in [0.4, 0.5) is 26.3 Å². The number of ether oxygens (including phenoxy) is 4. The van der Waals surface area contributed by atoms with Crippen LogP contribution in [0.3, 0.4) is 0 Å². The molecule has 0 aliphatic carbocycles. The first-order valence-corrected chi connectivity index (χ1v) is 12.7. The van der Waals surface area contributed by atoms with Crippen molar-refractivity contribution in [1.82, 2.24) is 0 Å².